The Bertz CT molecular complexity index is 784. The number of carbonyl (C=O) groups excluding carboxylic acids is 2. The standard InChI is InChI=1S/C19H18BrNO3/c1-13-5-3-8-17(14(13)2)21-18(22)12-24-19(23)10-9-15-6-4-7-16(20)11-15/h3-11H,12H2,1-2H3,(H,21,22)/b10-9+. The molecule has 0 heterocycles. The molecule has 0 aliphatic heterocycles. The van der Waals surface area contributed by atoms with Gasteiger partial charge in [-0.05, 0) is 54.8 Å². The fourth-order valence-electron chi connectivity index (χ4n) is 2.03. The van der Waals surface area contributed by atoms with Crippen LogP contribution in [-0.2, 0) is 14.3 Å². The normalized spacial score (nSPS) is 10.6. The van der Waals surface area contributed by atoms with Gasteiger partial charge < -0.3 is 10.1 Å². The molecule has 0 aromatic heterocycles. The summed E-state index contributed by atoms with van der Waals surface area (Å²) in [6, 6.07) is 13.1. The van der Waals surface area contributed by atoms with Gasteiger partial charge in [0.05, 0.1) is 0 Å². The van der Waals surface area contributed by atoms with Gasteiger partial charge in [-0.15, -0.1) is 0 Å². The lowest BCUT2D eigenvalue weighted by atomic mass is 10.1. The molecular weight excluding hydrogens is 370 g/mol. The van der Waals surface area contributed by atoms with Crippen molar-refractivity contribution in [3.63, 3.8) is 0 Å². The third-order valence-corrected chi connectivity index (χ3v) is 3.98. The molecule has 1 amide bonds. The van der Waals surface area contributed by atoms with Gasteiger partial charge in [0.2, 0.25) is 0 Å². The van der Waals surface area contributed by atoms with E-state index in [0.717, 1.165) is 26.9 Å². The molecule has 2 aromatic rings. The van der Waals surface area contributed by atoms with Crippen LogP contribution in [0.5, 0.6) is 0 Å². The van der Waals surface area contributed by atoms with Crippen molar-refractivity contribution in [2.45, 2.75) is 13.8 Å². The van der Waals surface area contributed by atoms with Crippen LogP contribution in [0.25, 0.3) is 6.08 Å². The van der Waals surface area contributed by atoms with Crippen LogP contribution in [0.3, 0.4) is 0 Å². The minimum atomic E-state index is -0.564. The van der Waals surface area contributed by atoms with Crippen molar-refractivity contribution < 1.29 is 14.3 Å². The van der Waals surface area contributed by atoms with E-state index in [2.05, 4.69) is 21.2 Å². The Kier molecular flexibility index (Phi) is 6.32. The molecule has 0 aliphatic rings. The van der Waals surface area contributed by atoms with Crippen molar-refractivity contribution in [1.82, 2.24) is 0 Å². The largest absolute Gasteiger partial charge is 0.452 e. The maximum atomic E-state index is 11.9. The predicted molar refractivity (Wildman–Crippen MR) is 98.7 cm³/mol. The van der Waals surface area contributed by atoms with Gasteiger partial charge in [-0.1, -0.05) is 40.2 Å². The first-order chi connectivity index (χ1) is 11.5. The zero-order valence-electron chi connectivity index (χ0n) is 13.5. The quantitative estimate of drug-likeness (QED) is 0.615. The number of rotatable bonds is 5. The molecule has 0 atom stereocenters. The highest BCUT2D eigenvalue weighted by molar-refractivity contribution is 9.10. The molecule has 0 saturated carbocycles. The van der Waals surface area contributed by atoms with Crippen LogP contribution in [0.4, 0.5) is 5.69 Å². The highest BCUT2D eigenvalue weighted by atomic mass is 79.9. The first-order valence-corrected chi connectivity index (χ1v) is 8.21. The first-order valence-electron chi connectivity index (χ1n) is 7.42. The van der Waals surface area contributed by atoms with Crippen LogP contribution >= 0.6 is 15.9 Å². The first kappa shape index (κ1) is 17.9. The molecule has 2 aromatic carbocycles. The topological polar surface area (TPSA) is 55.4 Å². The number of ether oxygens (including phenoxy) is 1. The number of hydrogen-bond acceptors (Lipinski definition) is 3. The lowest BCUT2D eigenvalue weighted by molar-refractivity contribution is -0.142. The number of halogens is 1. The van der Waals surface area contributed by atoms with Crippen LogP contribution in [0.1, 0.15) is 16.7 Å². The summed E-state index contributed by atoms with van der Waals surface area (Å²) >= 11 is 3.36. The monoisotopic (exact) mass is 387 g/mol. The maximum absolute atomic E-state index is 11.9. The Morgan fingerprint density at radius 1 is 1.17 bits per heavy atom. The Balaban J connectivity index is 1.85. The van der Waals surface area contributed by atoms with Crippen molar-refractivity contribution in [3.8, 4) is 0 Å². The molecular formula is C19H18BrNO3. The van der Waals surface area contributed by atoms with Gasteiger partial charge in [-0.3, -0.25) is 4.79 Å². The summed E-state index contributed by atoms with van der Waals surface area (Å²) in [5.41, 5.74) is 3.66. The summed E-state index contributed by atoms with van der Waals surface area (Å²) in [7, 11) is 0. The minimum absolute atomic E-state index is 0.324. The summed E-state index contributed by atoms with van der Waals surface area (Å²) < 4.78 is 5.87. The number of amides is 1. The van der Waals surface area contributed by atoms with Gasteiger partial charge in [0.25, 0.3) is 5.91 Å². The van der Waals surface area contributed by atoms with Crippen molar-refractivity contribution in [3.05, 3.63) is 69.7 Å². The van der Waals surface area contributed by atoms with Gasteiger partial charge >= 0.3 is 5.97 Å². The third kappa shape index (κ3) is 5.35. The highest BCUT2D eigenvalue weighted by Gasteiger charge is 2.08. The maximum Gasteiger partial charge on any atom is 0.331 e. The third-order valence-electron chi connectivity index (χ3n) is 3.48. The van der Waals surface area contributed by atoms with Gasteiger partial charge in [0, 0.05) is 16.2 Å². The van der Waals surface area contributed by atoms with Crippen molar-refractivity contribution in [2.24, 2.45) is 0 Å². The predicted octanol–water partition coefficient (Wildman–Crippen LogP) is 4.26. The van der Waals surface area contributed by atoms with E-state index >= 15 is 0 Å². The van der Waals surface area contributed by atoms with Crippen LogP contribution in [0.15, 0.2) is 53.0 Å². The Labute approximate surface area is 149 Å². The molecule has 0 radical (unpaired) electrons. The summed E-state index contributed by atoms with van der Waals surface area (Å²) in [5.74, 6) is -0.931. The van der Waals surface area contributed by atoms with Crippen LogP contribution < -0.4 is 5.32 Å². The van der Waals surface area contributed by atoms with E-state index in [1.54, 1.807) is 6.08 Å². The zero-order chi connectivity index (χ0) is 17.5. The summed E-state index contributed by atoms with van der Waals surface area (Å²) in [5, 5.41) is 2.74. The van der Waals surface area contributed by atoms with E-state index in [9.17, 15) is 9.59 Å². The van der Waals surface area contributed by atoms with E-state index in [4.69, 9.17) is 4.74 Å². The van der Waals surface area contributed by atoms with Crippen molar-refractivity contribution in [1.29, 1.82) is 0 Å². The smallest absolute Gasteiger partial charge is 0.331 e. The number of aryl methyl sites for hydroxylation is 1. The number of hydrogen-bond donors (Lipinski definition) is 1. The number of benzene rings is 2. The van der Waals surface area contributed by atoms with Gasteiger partial charge in [-0.2, -0.15) is 0 Å². The van der Waals surface area contributed by atoms with Crippen molar-refractivity contribution >= 4 is 39.6 Å². The Morgan fingerprint density at radius 3 is 2.67 bits per heavy atom. The SMILES string of the molecule is Cc1cccc(NC(=O)COC(=O)/C=C/c2cccc(Br)c2)c1C. The average molecular weight is 388 g/mol. The molecule has 0 saturated heterocycles. The molecule has 1 N–H and O–H groups in total. The van der Waals surface area contributed by atoms with E-state index in [1.165, 1.54) is 6.08 Å². The second-order valence-corrected chi connectivity index (χ2v) is 6.21. The lowest BCUT2D eigenvalue weighted by Crippen LogP contribution is -2.20. The van der Waals surface area contributed by atoms with E-state index in [0.29, 0.717) is 0 Å². The molecule has 5 heteroatoms. The fraction of sp³-hybridized carbons (Fsp3) is 0.158. The second-order valence-electron chi connectivity index (χ2n) is 5.29. The molecule has 0 bridgehead atoms. The number of nitrogens with one attached hydrogen (secondary N) is 1. The Hall–Kier alpha value is -2.40. The molecule has 24 heavy (non-hydrogen) atoms. The van der Waals surface area contributed by atoms with E-state index < -0.39 is 5.97 Å². The summed E-state index contributed by atoms with van der Waals surface area (Å²) in [6.07, 6.45) is 2.93. The van der Waals surface area contributed by atoms with Crippen LogP contribution in [-0.4, -0.2) is 18.5 Å². The van der Waals surface area contributed by atoms with Crippen LogP contribution in [0.2, 0.25) is 0 Å². The summed E-state index contributed by atoms with van der Waals surface area (Å²) in [6.45, 7) is 3.57. The molecule has 4 nitrogen and oxygen atoms in total. The lowest BCUT2D eigenvalue weighted by Gasteiger charge is -2.10. The van der Waals surface area contributed by atoms with Gasteiger partial charge in [-0.25, -0.2) is 4.79 Å². The van der Waals surface area contributed by atoms with E-state index in [-0.39, 0.29) is 12.5 Å². The number of anilines is 1. The van der Waals surface area contributed by atoms with Gasteiger partial charge in [0.15, 0.2) is 6.61 Å². The molecule has 2 rings (SSSR count). The van der Waals surface area contributed by atoms with E-state index in [1.807, 2.05) is 56.3 Å². The van der Waals surface area contributed by atoms with Crippen LogP contribution in [0, 0.1) is 13.8 Å². The van der Waals surface area contributed by atoms with Gasteiger partial charge in [0.1, 0.15) is 0 Å². The minimum Gasteiger partial charge on any atom is -0.452 e. The molecule has 0 unspecified atom stereocenters. The highest BCUT2D eigenvalue weighted by Crippen LogP contribution is 2.17. The second kappa shape index (κ2) is 8.45. The molecule has 0 fully saturated rings. The molecule has 0 spiro atoms. The van der Waals surface area contributed by atoms with Crippen molar-refractivity contribution in [2.75, 3.05) is 11.9 Å². The molecule has 0 aliphatic carbocycles. The average Bonchev–Trinajstić information content (AvgIpc) is 2.55. The number of carbonyl (C=O) groups is 2. The fourth-order valence-corrected chi connectivity index (χ4v) is 2.45. The summed E-state index contributed by atoms with van der Waals surface area (Å²) in [4.78, 5) is 23.6. The zero-order valence-corrected chi connectivity index (χ0v) is 15.1. The Morgan fingerprint density at radius 2 is 1.92 bits per heavy atom. The molecule has 124 valence electrons. The number of esters is 1.